The molecule has 0 atom stereocenters. The standard InChI is InChI=1S/C27H32O6/c1-17-15-19(23(31-8)16-22(17)33-25(30)27(5,6)7)11-14-21(28)18-9-12-20(13-10-18)32-24(29)26(2,3)4/h9-16H,1-8H3. The average Bonchev–Trinajstić information content (AvgIpc) is 2.72. The number of aryl methyl sites for hydroxylation is 1. The van der Waals surface area contributed by atoms with Crippen LogP contribution in [0, 0.1) is 17.8 Å². The van der Waals surface area contributed by atoms with E-state index in [0.717, 1.165) is 5.56 Å². The summed E-state index contributed by atoms with van der Waals surface area (Å²) in [6.45, 7) is 12.5. The lowest BCUT2D eigenvalue weighted by Gasteiger charge is -2.18. The summed E-state index contributed by atoms with van der Waals surface area (Å²) in [5, 5.41) is 0. The molecule has 0 unspecified atom stereocenters. The summed E-state index contributed by atoms with van der Waals surface area (Å²) in [4.78, 5) is 36.8. The minimum Gasteiger partial charge on any atom is -0.496 e. The molecule has 0 fully saturated rings. The highest BCUT2D eigenvalue weighted by atomic mass is 16.5. The molecule has 0 aliphatic heterocycles. The van der Waals surface area contributed by atoms with Gasteiger partial charge in [0.05, 0.1) is 17.9 Å². The zero-order valence-corrected chi connectivity index (χ0v) is 20.6. The van der Waals surface area contributed by atoms with E-state index in [9.17, 15) is 14.4 Å². The minimum absolute atomic E-state index is 0.216. The third kappa shape index (κ3) is 7.04. The summed E-state index contributed by atoms with van der Waals surface area (Å²) in [5.41, 5.74) is 0.619. The van der Waals surface area contributed by atoms with Gasteiger partial charge in [-0.25, -0.2) is 0 Å². The van der Waals surface area contributed by atoms with Gasteiger partial charge in [-0.05, 0) is 96.5 Å². The highest BCUT2D eigenvalue weighted by Crippen LogP contribution is 2.31. The van der Waals surface area contributed by atoms with Gasteiger partial charge in [-0.2, -0.15) is 0 Å². The highest BCUT2D eigenvalue weighted by Gasteiger charge is 2.25. The van der Waals surface area contributed by atoms with E-state index in [2.05, 4.69) is 0 Å². The molecule has 0 heterocycles. The SMILES string of the molecule is COc1cc(OC(=O)C(C)(C)C)c(C)cc1C=CC(=O)c1ccc(OC(=O)C(C)(C)C)cc1. The fourth-order valence-corrected chi connectivity index (χ4v) is 2.57. The lowest BCUT2D eigenvalue weighted by Crippen LogP contribution is -2.25. The topological polar surface area (TPSA) is 78.9 Å². The summed E-state index contributed by atoms with van der Waals surface area (Å²) in [5.74, 6) is 0.365. The Balaban J connectivity index is 2.18. The number of rotatable bonds is 6. The van der Waals surface area contributed by atoms with Gasteiger partial charge >= 0.3 is 11.9 Å². The molecule has 0 spiro atoms. The molecule has 0 N–H and O–H groups in total. The molecule has 0 amide bonds. The van der Waals surface area contributed by atoms with E-state index < -0.39 is 10.8 Å². The first kappa shape index (κ1) is 25.8. The number of esters is 2. The molecule has 0 aromatic heterocycles. The van der Waals surface area contributed by atoms with Crippen LogP contribution in [-0.2, 0) is 9.59 Å². The molecule has 6 nitrogen and oxygen atoms in total. The van der Waals surface area contributed by atoms with Crippen molar-refractivity contribution < 1.29 is 28.6 Å². The molecule has 33 heavy (non-hydrogen) atoms. The van der Waals surface area contributed by atoms with Gasteiger partial charge in [0.15, 0.2) is 5.78 Å². The summed E-state index contributed by atoms with van der Waals surface area (Å²) < 4.78 is 16.3. The monoisotopic (exact) mass is 452 g/mol. The van der Waals surface area contributed by atoms with Crippen LogP contribution in [-0.4, -0.2) is 24.8 Å². The molecule has 0 saturated carbocycles. The number of ketones is 1. The van der Waals surface area contributed by atoms with Gasteiger partial charge in [0, 0.05) is 17.2 Å². The normalized spacial score (nSPS) is 11.9. The Kier molecular flexibility index (Phi) is 7.85. The minimum atomic E-state index is -0.634. The molecular formula is C27H32O6. The molecule has 0 bridgehead atoms. The smallest absolute Gasteiger partial charge is 0.316 e. The van der Waals surface area contributed by atoms with Gasteiger partial charge in [-0.15, -0.1) is 0 Å². The van der Waals surface area contributed by atoms with Crippen LogP contribution < -0.4 is 14.2 Å². The predicted octanol–water partition coefficient (Wildman–Crippen LogP) is 5.80. The van der Waals surface area contributed by atoms with E-state index >= 15 is 0 Å². The van der Waals surface area contributed by atoms with Crippen LogP contribution in [0.2, 0.25) is 0 Å². The van der Waals surface area contributed by atoms with Crippen LogP contribution in [0.5, 0.6) is 17.2 Å². The Morgan fingerprint density at radius 3 is 1.85 bits per heavy atom. The van der Waals surface area contributed by atoms with Gasteiger partial charge in [0.2, 0.25) is 0 Å². The maximum absolute atomic E-state index is 12.6. The van der Waals surface area contributed by atoms with Gasteiger partial charge in [0.1, 0.15) is 17.2 Å². The molecule has 176 valence electrons. The number of hydrogen-bond acceptors (Lipinski definition) is 6. The van der Waals surface area contributed by atoms with Crippen LogP contribution in [0.25, 0.3) is 6.08 Å². The van der Waals surface area contributed by atoms with Gasteiger partial charge < -0.3 is 14.2 Å². The van der Waals surface area contributed by atoms with E-state index in [1.807, 2.05) is 6.92 Å². The molecular weight excluding hydrogens is 420 g/mol. The first-order valence-electron chi connectivity index (χ1n) is 10.7. The quantitative estimate of drug-likeness (QED) is 0.238. The molecule has 2 rings (SSSR count). The second-order valence-electron chi connectivity index (χ2n) is 9.86. The zero-order chi connectivity index (χ0) is 25.0. The second kappa shape index (κ2) is 10.0. The summed E-state index contributed by atoms with van der Waals surface area (Å²) >= 11 is 0. The molecule has 0 saturated heterocycles. The van der Waals surface area contributed by atoms with Crippen molar-refractivity contribution >= 4 is 23.8 Å². The van der Waals surface area contributed by atoms with Crippen molar-refractivity contribution in [3.8, 4) is 17.2 Å². The third-order valence-corrected chi connectivity index (χ3v) is 4.72. The molecule has 0 aliphatic rings. The summed E-state index contributed by atoms with van der Waals surface area (Å²) in [7, 11) is 1.51. The van der Waals surface area contributed by atoms with Crippen LogP contribution in [0.15, 0.2) is 42.5 Å². The largest absolute Gasteiger partial charge is 0.496 e. The van der Waals surface area contributed by atoms with Crippen molar-refractivity contribution in [3.05, 3.63) is 59.2 Å². The maximum atomic E-state index is 12.6. The zero-order valence-electron chi connectivity index (χ0n) is 20.6. The Bertz CT molecular complexity index is 1060. The van der Waals surface area contributed by atoms with Crippen molar-refractivity contribution in [1.29, 1.82) is 0 Å². The van der Waals surface area contributed by atoms with Crippen molar-refractivity contribution in [2.75, 3.05) is 7.11 Å². The lowest BCUT2D eigenvalue weighted by molar-refractivity contribution is -0.143. The fraction of sp³-hybridized carbons (Fsp3) is 0.370. The van der Waals surface area contributed by atoms with Gasteiger partial charge in [0.25, 0.3) is 0 Å². The summed E-state index contributed by atoms with van der Waals surface area (Å²) in [6, 6.07) is 9.83. The second-order valence-corrected chi connectivity index (χ2v) is 9.86. The Morgan fingerprint density at radius 2 is 1.33 bits per heavy atom. The molecule has 2 aromatic carbocycles. The van der Waals surface area contributed by atoms with Crippen molar-refractivity contribution in [1.82, 2.24) is 0 Å². The number of hydrogen-bond donors (Lipinski definition) is 0. The van der Waals surface area contributed by atoms with E-state index in [0.29, 0.717) is 28.4 Å². The Hall–Kier alpha value is -3.41. The van der Waals surface area contributed by atoms with Crippen molar-refractivity contribution in [2.45, 2.75) is 48.5 Å². The maximum Gasteiger partial charge on any atom is 0.316 e. The molecule has 6 heteroatoms. The number of carbonyl (C=O) groups is 3. The first-order chi connectivity index (χ1) is 15.2. The third-order valence-electron chi connectivity index (χ3n) is 4.72. The highest BCUT2D eigenvalue weighted by molar-refractivity contribution is 6.07. The molecule has 0 radical (unpaired) electrons. The van der Waals surface area contributed by atoms with Gasteiger partial charge in [-0.3, -0.25) is 14.4 Å². The summed E-state index contributed by atoms with van der Waals surface area (Å²) in [6.07, 6.45) is 3.09. The number of ether oxygens (including phenoxy) is 3. The predicted molar refractivity (Wildman–Crippen MR) is 128 cm³/mol. The molecule has 2 aromatic rings. The van der Waals surface area contributed by atoms with Crippen LogP contribution >= 0.6 is 0 Å². The number of carbonyl (C=O) groups excluding carboxylic acids is 3. The lowest BCUT2D eigenvalue weighted by atomic mass is 9.97. The van der Waals surface area contributed by atoms with Gasteiger partial charge in [-0.1, -0.05) is 0 Å². The Labute approximate surface area is 195 Å². The van der Waals surface area contributed by atoms with E-state index in [4.69, 9.17) is 14.2 Å². The van der Waals surface area contributed by atoms with E-state index in [1.165, 1.54) is 13.2 Å². The van der Waals surface area contributed by atoms with E-state index in [-0.39, 0.29) is 17.7 Å². The molecule has 0 aliphatic carbocycles. The van der Waals surface area contributed by atoms with Crippen LogP contribution in [0.3, 0.4) is 0 Å². The van der Waals surface area contributed by atoms with Crippen LogP contribution in [0.4, 0.5) is 0 Å². The number of allylic oxidation sites excluding steroid dienone is 1. The van der Waals surface area contributed by atoms with E-state index in [1.54, 1.807) is 84.0 Å². The van der Waals surface area contributed by atoms with Crippen molar-refractivity contribution in [3.63, 3.8) is 0 Å². The van der Waals surface area contributed by atoms with Crippen molar-refractivity contribution in [2.24, 2.45) is 10.8 Å². The van der Waals surface area contributed by atoms with Crippen LogP contribution in [0.1, 0.15) is 63.0 Å². The number of methoxy groups -OCH3 is 1. The Morgan fingerprint density at radius 1 is 0.788 bits per heavy atom. The average molecular weight is 453 g/mol. The number of benzene rings is 2. The fourth-order valence-electron chi connectivity index (χ4n) is 2.57. The first-order valence-corrected chi connectivity index (χ1v) is 10.7.